The van der Waals surface area contributed by atoms with E-state index in [0.29, 0.717) is 17.8 Å². The summed E-state index contributed by atoms with van der Waals surface area (Å²) in [6.07, 6.45) is 5.47. The highest BCUT2D eigenvalue weighted by molar-refractivity contribution is 7.12. The van der Waals surface area contributed by atoms with Crippen LogP contribution in [0.5, 0.6) is 0 Å². The van der Waals surface area contributed by atoms with E-state index in [1.54, 1.807) is 23.7 Å². The number of hydrogen-bond acceptors (Lipinski definition) is 6. The fourth-order valence-electron chi connectivity index (χ4n) is 4.12. The summed E-state index contributed by atoms with van der Waals surface area (Å²) in [4.78, 5) is 21.3. The van der Waals surface area contributed by atoms with Gasteiger partial charge in [0.25, 0.3) is 0 Å². The van der Waals surface area contributed by atoms with Crippen LogP contribution in [0.1, 0.15) is 40.5 Å². The van der Waals surface area contributed by atoms with Gasteiger partial charge in [-0.05, 0) is 50.5 Å². The van der Waals surface area contributed by atoms with Crippen molar-refractivity contribution in [2.24, 2.45) is 5.73 Å². The summed E-state index contributed by atoms with van der Waals surface area (Å²) >= 11 is 1.68. The Morgan fingerprint density at radius 2 is 2.19 bits per heavy atom. The van der Waals surface area contributed by atoms with Crippen molar-refractivity contribution in [1.82, 2.24) is 4.98 Å². The van der Waals surface area contributed by atoms with Crippen LogP contribution in [-0.4, -0.2) is 10.8 Å². The molecule has 5 nitrogen and oxygen atoms in total. The number of Topliss-reactive ketones (excluding diaryl/α,β-unsaturated/α-hetero) is 1. The van der Waals surface area contributed by atoms with Crippen LogP contribution in [0.15, 0.2) is 53.3 Å². The summed E-state index contributed by atoms with van der Waals surface area (Å²) in [5.74, 6) is 0.126. The molecule has 0 radical (unpaired) electrons. The molecule has 2 aromatic rings. The molecule has 0 fully saturated rings. The molecule has 0 aromatic carbocycles. The maximum absolute atomic E-state index is 13.0. The van der Waals surface area contributed by atoms with Crippen LogP contribution in [0.25, 0.3) is 0 Å². The van der Waals surface area contributed by atoms with Crippen LogP contribution in [0.3, 0.4) is 0 Å². The van der Waals surface area contributed by atoms with Gasteiger partial charge in [-0.15, -0.1) is 11.3 Å². The Balaban J connectivity index is 1.99. The second kappa shape index (κ2) is 6.67. The molecule has 2 N–H and O–H groups in total. The molecular weight excluding hydrogens is 356 g/mol. The van der Waals surface area contributed by atoms with E-state index in [1.165, 1.54) is 4.88 Å². The van der Waals surface area contributed by atoms with Gasteiger partial charge in [0.1, 0.15) is 5.82 Å². The van der Waals surface area contributed by atoms with E-state index in [2.05, 4.69) is 17.1 Å². The van der Waals surface area contributed by atoms with Crippen LogP contribution in [0.4, 0.5) is 5.69 Å². The normalized spacial score (nSPS) is 20.0. The lowest BCUT2D eigenvalue weighted by molar-refractivity contribution is -0.116. The smallest absolute Gasteiger partial charge is 0.161 e. The minimum absolute atomic E-state index is 0.110. The minimum Gasteiger partial charge on any atom is -0.384 e. The fraction of sp³-hybridized carbons (Fsp3) is 0.286. The zero-order valence-corrected chi connectivity index (χ0v) is 16.1. The third kappa shape index (κ3) is 2.75. The number of hydrogen-bond donors (Lipinski definition) is 1. The lowest BCUT2D eigenvalue weighted by atomic mass is 9.75. The number of anilines is 1. The third-order valence-corrected chi connectivity index (χ3v) is 6.19. The van der Waals surface area contributed by atoms with E-state index >= 15 is 0 Å². The quantitative estimate of drug-likeness (QED) is 0.854. The summed E-state index contributed by atoms with van der Waals surface area (Å²) in [5.41, 5.74) is 10.4. The van der Waals surface area contributed by atoms with E-state index in [0.717, 1.165) is 40.2 Å². The molecule has 2 aliphatic rings. The van der Waals surface area contributed by atoms with Crippen LogP contribution in [0.2, 0.25) is 0 Å². The number of nitrogens with zero attached hydrogens (tertiary/aromatic N) is 3. The molecule has 1 aliphatic heterocycles. The highest BCUT2D eigenvalue weighted by atomic mass is 32.1. The number of carbonyl (C=O) groups is 1. The highest BCUT2D eigenvalue weighted by Gasteiger charge is 2.41. The van der Waals surface area contributed by atoms with Gasteiger partial charge in [-0.25, -0.2) is 0 Å². The summed E-state index contributed by atoms with van der Waals surface area (Å²) in [6.45, 7) is 4.09. The highest BCUT2D eigenvalue weighted by Crippen LogP contribution is 2.47. The van der Waals surface area contributed by atoms with Gasteiger partial charge in [-0.1, -0.05) is 0 Å². The van der Waals surface area contributed by atoms with Gasteiger partial charge in [-0.2, -0.15) is 5.26 Å². The first-order valence-electron chi connectivity index (χ1n) is 8.96. The Labute approximate surface area is 162 Å². The Hall–Kier alpha value is -2.91. The first-order chi connectivity index (χ1) is 13.0. The summed E-state index contributed by atoms with van der Waals surface area (Å²) in [5, 5.41) is 9.97. The molecule has 0 spiro atoms. The van der Waals surface area contributed by atoms with Crippen molar-refractivity contribution in [1.29, 1.82) is 5.26 Å². The molecule has 136 valence electrons. The number of aryl methyl sites for hydroxylation is 2. The number of carbonyl (C=O) groups excluding carboxylic acids is 1. The van der Waals surface area contributed by atoms with Crippen molar-refractivity contribution in [3.05, 3.63) is 68.6 Å². The van der Waals surface area contributed by atoms with Gasteiger partial charge in [0, 0.05) is 33.6 Å². The Kier molecular flexibility index (Phi) is 4.33. The average Bonchev–Trinajstić information content (AvgIpc) is 2.99. The SMILES string of the molecule is Cc1cc([C@H]2C(C#N)=C(N)N(c3cccnc3)C3=C2C(=O)CCC3)c(C)s1. The molecule has 3 heterocycles. The Morgan fingerprint density at radius 3 is 2.81 bits per heavy atom. The lowest BCUT2D eigenvalue weighted by Gasteiger charge is -2.39. The molecule has 6 heteroatoms. The van der Waals surface area contributed by atoms with Gasteiger partial charge in [0.15, 0.2) is 5.78 Å². The Bertz CT molecular complexity index is 1030. The largest absolute Gasteiger partial charge is 0.384 e. The standard InChI is InChI=1S/C21H20N4OS/c1-12-9-15(13(2)27-12)19-16(10-22)21(23)25(14-5-4-8-24-11-14)17-6-3-7-18(26)20(17)19/h4-5,8-9,11,19H,3,6-7,23H2,1-2H3/t19-/m0/s1. The van der Waals surface area contributed by atoms with E-state index in [1.807, 2.05) is 30.9 Å². The molecule has 2 aromatic heterocycles. The molecule has 0 unspecified atom stereocenters. The lowest BCUT2D eigenvalue weighted by Crippen LogP contribution is -2.38. The minimum atomic E-state index is -0.379. The molecule has 0 amide bonds. The van der Waals surface area contributed by atoms with Crippen LogP contribution < -0.4 is 10.6 Å². The summed E-state index contributed by atoms with van der Waals surface area (Å²) in [7, 11) is 0. The predicted molar refractivity (Wildman–Crippen MR) is 106 cm³/mol. The third-order valence-electron chi connectivity index (χ3n) is 5.21. The average molecular weight is 376 g/mol. The van der Waals surface area contributed by atoms with Gasteiger partial charge < -0.3 is 5.73 Å². The summed E-state index contributed by atoms with van der Waals surface area (Å²) < 4.78 is 0. The van der Waals surface area contributed by atoms with Crippen molar-refractivity contribution in [3.63, 3.8) is 0 Å². The molecule has 27 heavy (non-hydrogen) atoms. The van der Waals surface area contributed by atoms with Gasteiger partial charge in [0.2, 0.25) is 0 Å². The van der Waals surface area contributed by atoms with E-state index in [-0.39, 0.29) is 11.7 Å². The maximum Gasteiger partial charge on any atom is 0.161 e. The second-order valence-corrected chi connectivity index (χ2v) is 8.36. The number of nitriles is 1. The molecule has 0 saturated heterocycles. The predicted octanol–water partition coefficient (Wildman–Crippen LogP) is 4.06. The van der Waals surface area contributed by atoms with E-state index in [9.17, 15) is 10.1 Å². The molecule has 0 saturated carbocycles. The summed E-state index contributed by atoms with van der Waals surface area (Å²) in [6, 6.07) is 8.12. The van der Waals surface area contributed by atoms with E-state index < -0.39 is 0 Å². The number of allylic oxidation sites excluding steroid dienone is 3. The van der Waals surface area contributed by atoms with Crippen LogP contribution in [-0.2, 0) is 4.79 Å². The number of ketones is 1. The zero-order chi connectivity index (χ0) is 19.1. The maximum atomic E-state index is 13.0. The second-order valence-electron chi connectivity index (χ2n) is 6.90. The number of thiophene rings is 1. The monoisotopic (exact) mass is 376 g/mol. The number of nitrogens with two attached hydrogens (primary N) is 1. The van der Waals surface area contributed by atoms with Crippen molar-refractivity contribution in [2.45, 2.75) is 39.0 Å². The van der Waals surface area contributed by atoms with Crippen molar-refractivity contribution >= 4 is 22.8 Å². The first-order valence-corrected chi connectivity index (χ1v) is 9.77. The van der Waals surface area contributed by atoms with Gasteiger partial charge in [0.05, 0.1) is 29.4 Å². The zero-order valence-electron chi connectivity index (χ0n) is 15.3. The topological polar surface area (TPSA) is 83.0 Å². The van der Waals surface area contributed by atoms with Crippen LogP contribution in [0, 0.1) is 25.2 Å². The van der Waals surface area contributed by atoms with E-state index in [4.69, 9.17) is 5.73 Å². The molecule has 0 bridgehead atoms. The first kappa shape index (κ1) is 17.5. The van der Waals surface area contributed by atoms with Crippen molar-refractivity contribution in [3.8, 4) is 6.07 Å². The molecule has 4 rings (SSSR count). The number of rotatable bonds is 2. The Morgan fingerprint density at radius 1 is 1.37 bits per heavy atom. The molecule has 1 aliphatic carbocycles. The van der Waals surface area contributed by atoms with Gasteiger partial charge >= 0.3 is 0 Å². The number of aromatic nitrogens is 1. The van der Waals surface area contributed by atoms with Gasteiger partial charge in [-0.3, -0.25) is 14.7 Å². The number of pyridine rings is 1. The van der Waals surface area contributed by atoms with Crippen molar-refractivity contribution in [2.75, 3.05) is 4.90 Å². The van der Waals surface area contributed by atoms with Crippen molar-refractivity contribution < 1.29 is 4.79 Å². The molecular formula is C21H20N4OS. The molecule has 1 atom stereocenters. The van der Waals surface area contributed by atoms with Crippen LogP contribution >= 0.6 is 11.3 Å². The fourth-order valence-corrected chi connectivity index (χ4v) is 5.08.